The van der Waals surface area contributed by atoms with Crippen LogP contribution in [0.5, 0.6) is 0 Å². The zero-order valence-electron chi connectivity index (χ0n) is 13.3. The predicted molar refractivity (Wildman–Crippen MR) is 85.9 cm³/mol. The number of benzene rings is 1. The lowest BCUT2D eigenvalue weighted by molar-refractivity contribution is 0.137. The molecule has 2 N–H and O–H groups in total. The Labute approximate surface area is 123 Å². The minimum atomic E-state index is 0.152. The first-order valence-electron chi connectivity index (χ1n) is 7.71. The summed E-state index contributed by atoms with van der Waals surface area (Å²) < 4.78 is 0. The fraction of sp³-hybridized carbons (Fsp3) is 0.647. The fourth-order valence-corrected chi connectivity index (χ4v) is 3.49. The topological polar surface area (TPSA) is 32.5 Å². The molecular formula is C17H29N3. The monoisotopic (exact) mass is 275 g/mol. The second-order valence-corrected chi connectivity index (χ2v) is 6.51. The van der Waals surface area contributed by atoms with Gasteiger partial charge in [0.05, 0.1) is 0 Å². The van der Waals surface area contributed by atoms with Crippen molar-refractivity contribution in [2.24, 2.45) is 5.73 Å². The molecule has 3 heteroatoms. The molecule has 1 aliphatic heterocycles. The first-order chi connectivity index (χ1) is 9.49. The van der Waals surface area contributed by atoms with Gasteiger partial charge in [-0.15, -0.1) is 0 Å². The van der Waals surface area contributed by atoms with E-state index in [2.05, 4.69) is 62.0 Å². The van der Waals surface area contributed by atoms with E-state index in [4.69, 9.17) is 5.73 Å². The molecule has 1 aromatic rings. The van der Waals surface area contributed by atoms with E-state index in [1.54, 1.807) is 0 Å². The molecular weight excluding hydrogens is 246 g/mol. The molecule has 0 bridgehead atoms. The van der Waals surface area contributed by atoms with Crippen LogP contribution in [0.4, 0.5) is 0 Å². The van der Waals surface area contributed by atoms with Gasteiger partial charge in [-0.2, -0.15) is 0 Å². The lowest BCUT2D eigenvalue weighted by atomic mass is 9.97. The maximum Gasteiger partial charge on any atom is 0.0500 e. The van der Waals surface area contributed by atoms with Crippen LogP contribution in [-0.2, 0) is 0 Å². The normalized spacial score (nSPS) is 23.2. The highest BCUT2D eigenvalue weighted by Gasteiger charge is 2.33. The molecule has 0 amide bonds. The average molecular weight is 275 g/mol. The number of aryl methyl sites for hydroxylation is 1. The third kappa shape index (κ3) is 3.60. The number of hydrogen-bond acceptors (Lipinski definition) is 3. The molecule has 0 radical (unpaired) electrons. The van der Waals surface area contributed by atoms with E-state index in [9.17, 15) is 0 Å². The van der Waals surface area contributed by atoms with Crippen LogP contribution in [0, 0.1) is 6.92 Å². The Morgan fingerprint density at radius 2 is 2.15 bits per heavy atom. The summed E-state index contributed by atoms with van der Waals surface area (Å²) in [5.41, 5.74) is 9.02. The van der Waals surface area contributed by atoms with Crippen molar-refractivity contribution in [2.75, 3.05) is 27.2 Å². The van der Waals surface area contributed by atoms with Gasteiger partial charge in [0, 0.05) is 24.7 Å². The fourth-order valence-electron chi connectivity index (χ4n) is 3.49. The van der Waals surface area contributed by atoms with Gasteiger partial charge < -0.3 is 10.6 Å². The van der Waals surface area contributed by atoms with Gasteiger partial charge in [0.2, 0.25) is 0 Å². The molecule has 1 saturated heterocycles. The van der Waals surface area contributed by atoms with Crippen LogP contribution < -0.4 is 5.73 Å². The third-order valence-electron chi connectivity index (χ3n) is 4.24. The smallest absolute Gasteiger partial charge is 0.0500 e. The summed E-state index contributed by atoms with van der Waals surface area (Å²) in [6.07, 6.45) is 2.57. The van der Waals surface area contributed by atoms with E-state index in [0.29, 0.717) is 12.1 Å². The summed E-state index contributed by atoms with van der Waals surface area (Å²) in [6.45, 7) is 6.58. The Morgan fingerprint density at radius 1 is 1.40 bits per heavy atom. The van der Waals surface area contributed by atoms with Crippen LogP contribution in [0.2, 0.25) is 0 Å². The van der Waals surface area contributed by atoms with E-state index in [0.717, 1.165) is 6.54 Å². The highest BCUT2D eigenvalue weighted by molar-refractivity contribution is 5.26. The first-order valence-corrected chi connectivity index (χ1v) is 7.71. The molecule has 20 heavy (non-hydrogen) atoms. The molecule has 1 fully saturated rings. The Kier molecular flexibility index (Phi) is 5.19. The summed E-state index contributed by atoms with van der Waals surface area (Å²) in [4.78, 5) is 4.91. The largest absolute Gasteiger partial charge is 0.326 e. The van der Waals surface area contributed by atoms with Gasteiger partial charge in [-0.3, -0.25) is 4.90 Å². The molecule has 0 saturated carbocycles. The van der Waals surface area contributed by atoms with Crippen LogP contribution in [0.1, 0.15) is 36.9 Å². The summed E-state index contributed by atoms with van der Waals surface area (Å²) in [5, 5.41) is 0. The lowest BCUT2D eigenvalue weighted by Crippen LogP contribution is -2.45. The minimum absolute atomic E-state index is 0.152. The number of likely N-dealkylation sites (N-methyl/N-ethyl adjacent to an activating group) is 1. The molecule has 0 aliphatic carbocycles. The van der Waals surface area contributed by atoms with Gasteiger partial charge in [0.1, 0.15) is 0 Å². The van der Waals surface area contributed by atoms with Gasteiger partial charge >= 0.3 is 0 Å². The van der Waals surface area contributed by atoms with Crippen molar-refractivity contribution in [3.63, 3.8) is 0 Å². The van der Waals surface area contributed by atoms with Crippen LogP contribution >= 0.6 is 0 Å². The Hall–Kier alpha value is -0.900. The molecule has 0 spiro atoms. The van der Waals surface area contributed by atoms with E-state index in [1.807, 2.05) is 0 Å². The van der Waals surface area contributed by atoms with Crippen LogP contribution in [0.15, 0.2) is 24.3 Å². The van der Waals surface area contributed by atoms with Crippen molar-refractivity contribution in [1.29, 1.82) is 0 Å². The second kappa shape index (κ2) is 6.70. The zero-order valence-corrected chi connectivity index (χ0v) is 13.3. The van der Waals surface area contributed by atoms with E-state index >= 15 is 0 Å². The number of hydrogen-bond donors (Lipinski definition) is 1. The SMILES string of the molecule is Cc1cccc(C(C(C)N)N2CCCC2CN(C)C)c1. The molecule has 3 unspecified atom stereocenters. The molecule has 2 rings (SSSR count). The van der Waals surface area contributed by atoms with Gasteiger partial charge in [0.25, 0.3) is 0 Å². The summed E-state index contributed by atoms with van der Waals surface area (Å²) in [7, 11) is 4.31. The molecule has 1 aliphatic rings. The van der Waals surface area contributed by atoms with Crippen molar-refractivity contribution >= 4 is 0 Å². The average Bonchev–Trinajstić information content (AvgIpc) is 2.76. The van der Waals surface area contributed by atoms with Crippen LogP contribution in [0.25, 0.3) is 0 Å². The standard InChI is InChI=1S/C17H29N3/c1-13-7-5-8-15(11-13)17(14(2)18)20-10-6-9-16(20)12-19(3)4/h5,7-8,11,14,16-17H,6,9-10,12,18H2,1-4H3. The van der Waals surface area contributed by atoms with E-state index in [-0.39, 0.29) is 6.04 Å². The molecule has 112 valence electrons. The maximum absolute atomic E-state index is 6.34. The lowest BCUT2D eigenvalue weighted by Gasteiger charge is -2.37. The minimum Gasteiger partial charge on any atom is -0.326 e. The van der Waals surface area contributed by atoms with Crippen molar-refractivity contribution in [2.45, 2.75) is 44.8 Å². The van der Waals surface area contributed by atoms with Crippen LogP contribution in [-0.4, -0.2) is 49.1 Å². The molecule has 3 nitrogen and oxygen atoms in total. The quantitative estimate of drug-likeness (QED) is 0.895. The van der Waals surface area contributed by atoms with Crippen molar-refractivity contribution in [3.05, 3.63) is 35.4 Å². The van der Waals surface area contributed by atoms with E-state index in [1.165, 1.54) is 30.5 Å². The summed E-state index contributed by atoms with van der Waals surface area (Å²) >= 11 is 0. The third-order valence-corrected chi connectivity index (χ3v) is 4.24. The van der Waals surface area contributed by atoms with Gasteiger partial charge in [0.15, 0.2) is 0 Å². The van der Waals surface area contributed by atoms with E-state index < -0.39 is 0 Å². The van der Waals surface area contributed by atoms with Crippen LogP contribution in [0.3, 0.4) is 0 Å². The van der Waals surface area contributed by atoms with Crippen molar-refractivity contribution in [3.8, 4) is 0 Å². The summed E-state index contributed by atoms with van der Waals surface area (Å²) in [5.74, 6) is 0. The van der Waals surface area contributed by atoms with Gasteiger partial charge in [-0.05, 0) is 52.9 Å². The second-order valence-electron chi connectivity index (χ2n) is 6.51. The van der Waals surface area contributed by atoms with Gasteiger partial charge in [-0.25, -0.2) is 0 Å². The predicted octanol–water partition coefficient (Wildman–Crippen LogP) is 2.41. The number of likely N-dealkylation sites (tertiary alicyclic amines) is 1. The highest BCUT2D eigenvalue weighted by atomic mass is 15.2. The zero-order chi connectivity index (χ0) is 14.7. The van der Waals surface area contributed by atoms with Gasteiger partial charge in [-0.1, -0.05) is 29.8 Å². The maximum atomic E-state index is 6.34. The Balaban J connectivity index is 2.24. The highest BCUT2D eigenvalue weighted by Crippen LogP contribution is 2.31. The number of rotatable bonds is 5. The summed E-state index contributed by atoms with van der Waals surface area (Å²) in [6, 6.07) is 9.94. The number of nitrogens with two attached hydrogens (primary N) is 1. The molecule has 3 atom stereocenters. The number of nitrogens with zero attached hydrogens (tertiary/aromatic N) is 2. The molecule has 0 aromatic heterocycles. The Morgan fingerprint density at radius 3 is 2.75 bits per heavy atom. The van der Waals surface area contributed by atoms with Crippen molar-refractivity contribution in [1.82, 2.24) is 9.80 Å². The Bertz CT molecular complexity index is 428. The molecule has 1 heterocycles. The molecule has 1 aromatic carbocycles. The first kappa shape index (κ1) is 15.5. The van der Waals surface area contributed by atoms with Crippen molar-refractivity contribution < 1.29 is 0 Å².